The highest BCUT2D eigenvalue weighted by Crippen LogP contribution is 2.43. The molecule has 1 nitrogen and oxygen atoms in total. The summed E-state index contributed by atoms with van der Waals surface area (Å²) in [5, 5.41) is 10.7. The van der Waals surface area contributed by atoms with Crippen molar-refractivity contribution in [2.45, 2.75) is 44.1 Å². The van der Waals surface area contributed by atoms with Gasteiger partial charge in [-0.3, -0.25) is 0 Å². The van der Waals surface area contributed by atoms with Crippen molar-refractivity contribution >= 4 is 0 Å². The van der Waals surface area contributed by atoms with Crippen molar-refractivity contribution in [3.05, 3.63) is 35.4 Å². The zero-order chi connectivity index (χ0) is 11.6. The quantitative estimate of drug-likeness (QED) is 0.750. The van der Waals surface area contributed by atoms with Crippen molar-refractivity contribution in [1.82, 2.24) is 0 Å². The molecule has 0 fully saturated rings. The summed E-state index contributed by atoms with van der Waals surface area (Å²) in [5.74, 6) is 3.17. The molecule has 0 aromatic heterocycles. The maximum Gasteiger partial charge on any atom is 0.0908 e. The summed E-state index contributed by atoms with van der Waals surface area (Å²) in [5.41, 5.74) is 1.67. The van der Waals surface area contributed by atoms with Gasteiger partial charge < -0.3 is 5.11 Å². The van der Waals surface area contributed by atoms with Gasteiger partial charge in [0, 0.05) is 6.42 Å². The van der Waals surface area contributed by atoms with Crippen LogP contribution in [0, 0.1) is 12.3 Å². The van der Waals surface area contributed by atoms with Gasteiger partial charge in [-0.25, -0.2) is 0 Å². The van der Waals surface area contributed by atoms with Crippen LogP contribution in [0.15, 0.2) is 24.3 Å². The smallest absolute Gasteiger partial charge is 0.0908 e. The largest absolute Gasteiger partial charge is 0.385 e. The van der Waals surface area contributed by atoms with Crippen LogP contribution in [0.3, 0.4) is 0 Å². The summed E-state index contributed by atoms with van der Waals surface area (Å²) < 4.78 is 0. The van der Waals surface area contributed by atoms with E-state index in [0.29, 0.717) is 18.8 Å². The lowest BCUT2D eigenvalue weighted by molar-refractivity contribution is 0.00848. The second-order valence-corrected chi connectivity index (χ2v) is 4.76. The molecule has 1 aromatic carbocycles. The van der Waals surface area contributed by atoms with Gasteiger partial charge in [0.15, 0.2) is 0 Å². The Kier molecular flexibility index (Phi) is 3.03. The van der Waals surface area contributed by atoms with Crippen LogP contribution in [-0.2, 0) is 5.60 Å². The number of aliphatic hydroxyl groups is 1. The van der Waals surface area contributed by atoms with Crippen molar-refractivity contribution in [2.75, 3.05) is 0 Å². The van der Waals surface area contributed by atoms with Crippen LogP contribution in [0.1, 0.15) is 49.7 Å². The summed E-state index contributed by atoms with van der Waals surface area (Å²) in [6, 6.07) is 8.21. The first-order valence-corrected chi connectivity index (χ1v) is 5.92. The highest BCUT2D eigenvalue weighted by atomic mass is 16.3. The number of fused-ring (bicyclic) bond motifs is 1. The van der Waals surface area contributed by atoms with Crippen LogP contribution >= 0.6 is 0 Å². The Morgan fingerprint density at radius 3 is 3.00 bits per heavy atom. The van der Waals surface area contributed by atoms with Crippen LogP contribution in [0.25, 0.3) is 0 Å². The van der Waals surface area contributed by atoms with Crippen LogP contribution < -0.4 is 0 Å². The topological polar surface area (TPSA) is 20.2 Å². The molecule has 0 bridgehead atoms. The first kappa shape index (κ1) is 11.2. The maximum atomic E-state index is 10.7. The number of terminal acetylenes is 1. The minimum atomic E-state index is -0.699. The van der Waals surface area contributed by atoms with E-state index < -0.39 is 5.60 Å². The van der Waals surface area contributed by atoms with Crippen LogP contribution in [0.2, 0.25) is 0 Å². The number of rotatable bonds is 2. The molecule has 2 atom stereocenters. The van der Waals surface area contributed by atoms with Crippen molar-refractivity contribution in [3.8, 4) is 12.3 Å². The molecule has 1 N–H and O–H groups in total. The molecular formula is C15H18O. The fourth-order valence-corrected chi connectivity index (χ4v) is 2.63. The summed E-state index contributed by atoms with van der Waals surface area (Å²) in [6.07, 6.45) is 8.47. The van der Waals surface area contributed by atoms with Crippen molar-refractivity contribution < 1.29 is 5.11 Å². The third-order valence-corrected chi connectivity index (χ3v) is 3.67. The van der Waals surface area contributed by atoms with Gasteiger partial charge in [0.2, 0.25) is 0 Å². The van der Waals surface area contributed by atoms with Crippen LogP contribution in [-0.4, -0.2) is 5.11 Å². The maximum absolute atomic E-state index is 10.7. The molecular weight excluding hydrogens is 196 g/mol. The first-order chi connectivity index (χ1) is 7.67. The normalized spacial score (nSPS) is 28.2. The van der Waals surface area contributed by atoms with Crippen LogP contribution in [0.4, 0.5) is 0 Å². The van der Waals surface area contributed by atoms with E-state index in [2.05, 4.69) is 18.9 Å². The standard InChI is InChI=1S/C15H18O/c1-3-4-10-15(16)11-9-12(2)13-7-5-6-8-14(13)15/h1,5-8,12,16H,4,9-11H2,2H3. The lowest BCUT2D eigenvalue weighted by Crippen LogP contribution is -2.31. The van der Waals surface area contributed by atoms with Gasteiger partial charge in [-0.15, -0.1) is 12.3 Å². The third kappa shape index (κ3) is 1.86. The van der Waals surface area contributed by atoms with Crippen LogP contribution in [0.5, 0.6) is 0 Å². The summed E-state index contributed by atoms with van der Waals surface area (Å²) in [6.45, 7) is 2.22. The predicted octanol–water partition coefficient (Wildman–Crippen LogP) is 3.18. The van der Waals surface area contributed by atoms with E-state index in [1.54, 1.807) is 0 Å². The monoisotopic (exact) mass is 214 g/mol. The van der Waals surface area contributed by atoms with Crippen molar-refractivity contribution in [3.63, 3.8) is 0 Å². The summed E-state index contributed by atoms with van der Waals surface area (Å²) >= 11 is 0. The Bertz CT molecular complexity index is 416. The molecule has 0 heterocycles. The van der Waals surface area contributed by atoms with Gasteiger partial charge in [-0.1, -0.05) is 31.2 Å². The molecule has 0 saturated carbocycles. The molecule has 2 rings (SSSR count). The van der Waals surface area contributed by atoms with Gasteiger partial charge in [0.05, 0.1) is 5.60 Å². The second kappa shape index (κ2) is 4.31. The molecule has 1 aliphatic rings. The fraction of sp³-hybridized carbons (Fsp3) is 0.467. The highest BCUT2D eigenvalue weighted by molar-refractivity contribution is 5.37. The Morgan fingerprint density at radius 1 is 1.50 bits per heavy atom. The lowest BCUT2D eigenvalue weighted by atomic mass is 9.73. The second-order valence-electron chi connectivity index (χ2n) is 4.76. The Hall–Kier alpha value is -1.26. The molecule has 0 radical (unpaired) electrons. The first-order valence-electron chi connectivity index (χ1n) is 5.92. The van der Waals surface area contributed by atoms with E-state index in [0.717, 1.165) is 18.4 Å². The van der Waals surface area contributed by atoms with Crippen molar-refractivity contribution in [1.29, 1.82) is 0 Å². The Balaban J connectivity index is 2.38. The van der Waals surface area contributed by atoms with Gasteiger partial charge in [-0.05, 0) is 36.3 Å². The molecule has 1 aromatic rings. The van der Waals surface area contributed by atoms with Gasteiger partial charge >= 0.3 is 0 Å². The Labute approximate surface area is 97.5 Å². The Morgan fingerprint density at radius 2 is 2.25 bits per heavy atom. The number of benzene rings is 1. The summed E-state index contributed by atoms with van der Waals surface area (Å²) in [4.78, 5) is 0. The molecule has 84 valence electrons. The van der Waals surface area contributed by atoms with E-state index >= 15 is 0 Å². The van der Waals surface area contributed by atoms with E-state index in [1.807, 2.05) is 18.2 Å². The number of hydrogen-bond acceptors (Lipinski definition) is 1. The van der Waals surface area contributed by atoms with Crippen molar-refractivity contribution in [2.24, 2.45) is 0 Å². The van der Waals surface area contributed by atoms with E-state index in [4.69, 9.17) is 6.42 Å². The zero-order valence-electron chi connectivity index (χ0n) is 9.74. The molecule has 2 unspecified atom stereocenters. The van der Waals surface area contributed by atoms with Gasteiger partial charge in [-0.2, -0.15) is 0 Å². The molecule has 0 aliphatic heterocycles. The average Bonchev–Trinajstić information content (AvgIpc) is 2.32. The van der Waals surface area contributed by atoms with E-state index in [1.165, 1.54) is 5.56 Å². The fourth-order valence-electron chi connectivity index (χ4n) is 2.63. The molecule has 1 heteroatoms. The van der Waals surface area contributed by atoms with Gasteiger partial charge in [0.1, 0.15) is 0 Å². The SMILES string of the molecule is C#CCCC1(O)CCC(C)c2ccccc21. The van der Waals surface area contributed by atoms with E-state index in [9.17, 15) is 5.11 Å². The molecule has 16 heavy (non-hydrogen) atoms. The lowest BCUT2D eigenvalue weighted by Gasteiger charge is -2.37. The minimum absolute atomic E-state index is 0.544. The highest BCUT2D eigenvalue weighted by Gasteiger charge is 2.35. The van der Waals surface area contributed by atoms with E-state index in [-0.39, 0.29) is 0 Å². The average molecular weight is 214 g/mol. The molecule has 0 saturated heterocycles. The third-order valence-electron chi connectivity index (χ3n) is 3.67. The molecule has 0 amide bonds. The zero-order valence-corrected chi connectivity index (χ0v) is 9.74. The predicted molar refractivity (Wildman–Crippen MR) is 66.1 cm³/mol. The molecule has 0 spiro atoms. The van der Waals surface area contributed by atoms with Gasteiger partial charge in [0.25, 0.3) is 0 Å². The minimum Gasteiger partial charge on any atom is -0.385 e. The molecule has 1 aliphatic carbocycles. The number of hydrogen-bond donors (Lipinski definition) is 1. The summed E-state index contributed by atoms with van der Waals surface area (Å²) in [7, 11) is 0.